The molecule has 1 N–H and O–H groups in total. The van der Waals surface area contributed by atoms with Gasteiger partial charge in [0.15, 0.2) is 5.78 Å². The minimum atomic E-state index is -0.410. The van der Waals surface area contributed by atoms with Crippen molar-refractivity contribution < 1.29 is 14.0 Å². The zero-order chi connectivity index (χ0) is 18.5. The van der Waals surface area contributed by atoms with Gasteiger partial charge < -0.3 is 15.1 Å². The summed E-state index contributed by atoms with van der Waals surface area (Å²) in [5, 5.41) is 2.87. The molecule has 1 aliphatic heterocycles. The van der Waals surface area contributed by atoms with E-state index in [-0.39, 0.29) is 11.8 Å². The fourth-order valence-corrected chi connectivity index (χ4v) is 2.92. The van der Waals surface area contributed by atoms with Crippen LogP contribution in [-0.4, -0.2) is 47.9 Å². The van der Waals surface area contributed by atoms with E-state index in [0.29, 0.717) is 44.0 Å². The van der Waals surface area contributed by atoms with Gasteiger partial charge in [0.05, 0.1) is 5.69 Å². The van der Waals surface area contributed by atoms with Crippen molar-refractivity contribution in [3.8, 4) is 0 Å². The van der Waals surface area contributed by atoms with Gasteiger partial charge >= 0.3 is 6.03 Å². The molecule has 3 rings (SSSR count). The van der Waals surface area contributed by atoms with E-state index in [1.165, 1.54) is 13.0 Å². The van der Waals surface area contributed by atoms with Crippen LogP contribution in [0.3, 0.4) is 0 Å². The number of hydrogen-bond acceptors (Lipinski definition) is 4. The zero-order valence-electron chi connectivity index (χ0n) is 14.6. The minimum absolute atomic E-state index is 0.138. The van der Waals surface area contributed by atoms with Crippen molar-refractivity contribution in [2.75, 3.05) is 31.1 Å². The number of aromatic nitrogens is 1. The fourth-order valence-electron chi connectivity index (χ4n) is 2.92. The first-order valence-corrected chi connectivity index (χ1v) is 8.51. The van der Waals surface area contributed by atoms with Gasteiger partial charge in [-0.3, -0.25) is 9.78 Å². The highest BCUT2D eigenvalue weighted by Gasteiger charge is 2.23. The summed E-state index contributed by atoms with van der Waals surface area (Å²) >= 11 is 0. The molecule has 1 aromatic heterocycles. The summed E-state index contributed by atoms with van der Waals surface area (Å²) < 4.78 is 14.3. The monoisotopic (exact) mass is 356 g/mol. The van der Waals surface area contributed by atoms with E-state index in [0.717, 1.165) is 5.56 Å². The van der Waals surface area contributed by atoms with Crippen LogP contribution in [0.1, 0.15) is 22.8 Å². The van der Waals surface area contributed by atoms with Gasteiger partial charge in [-0.15, -0.1) is 0 Å². The predicted molar refractivity (Wildman–Crippen MR) is 96.7 cm³/mol. The molecule has 26 heavy (non-hydrogen) atoms. The van der Waals surface area contributed by atoms with Crippen LogP contribution in [-0.2, 0) is 6.54 Å². The molecule has 0 saturated carbocycles. The Bertz CT molecular complexity index is 789. The molecular formula is C19H21FN4O2. The summed E-state index contributed by atoms with van der Waals surface area (Å²) in [6.07, 6.45) is 3.40. The Morgan fingerprint density at radius 3 is 2.58 bits per heavy atom. The lowest BCUT2D eigenvalue weighted by Crippen LogP contribution is -2.51. The number of anilines is 1. The number of ketones is 1. The molecule has 1 aromatic carbocycles. The average molecular weight is 356 g/mol. The maximum absolute atomic E-state index is 14.3. The molecule has 136 valence electrons. The van der Waals surface area contributed by atoms with Crippen LogP contribution in [0, 0.1) is 5.82 Å². The first-order chi connectivity index (χ1) is 12.5. The smallest absolute Gasteiger partial charge is 0.317 e. The molecule has 2 heterocycles. The topological polar surface area (TPSA) is 65.5 Å². The fraction of sp³-hybridized carbons (Fsp3) is 0.316. The quantitative estimate of drug-likeness (QED) is 0.855. The van der Waals surface area contributed by atoms with Crippen molar-refractivity contribution in [3.63, 3.8) is 0 Å². The molecular weight excluding hydrogens is 335 g/mol. The molecule has 2 aromatic rings. The Balaban J connectivity index is 1.54. The summed E-state index contributed by atoms with van der Waals surface area (Å²) in [6.45, 7) is 3.93. The number of carbonyl (C=O) groups excluding carboxylic acids is 2. The number of carbonyl (C=O) groups is 2. The highest BCUT2D eigenvalue weighted by Crippen LogP contribution is 2.22. The maximum atomic E-state index is 14.3. The van der Waals surface area contributed by atoms with Crippen LogP contribution < -0.4 is 10.2 Å². The molecule has 0 spiro atoms. The number of hydrogen-bond donors (Lipinski definition) is 1. The molecule has 1 aliphatic rings. The minimum Gasteiger partial charge on any atom is -0.366 e. The Hall–Kier alpha value is -2.96. The Kier molecular flexibility index (Phi) is 5.46. The molecule has 0 aliphatic carbocycles. The molecule has 0 atom stereocenters. The number of rotatable bonds is 4. The van der Waals surface area contributed by atoms with Crippen LogP contribution in [0.25, 0.3) is 0 Å². The number of pyridine rings is 1. The van der Waals surface area contributed by atoms with Gasteiger partial charge in [0, 0.05) is 50.7 Å². The summed E-state index contributed by atoms with van der Waals surface area (Å²) in [5.74, 6) is -0.572. The van der Waals surface area contributed by atoms with Crippen molar-refractivity contribution in [2.24, 2.45) is 0 Å². The van der Waals surface area contributed by atoms with E-state index in [4.69, 9.17) is 0 Å². The molecule has 2 amide bonds. The van der Waals surface area contributed by atoms with E-state index in [1.54, 1.807) is 29.4 Å². The SMILES string of the molecule is CC(=O)c1ccc(N2CCN(C(=O)NCc3cccnc3)CC2)c(F)c1. The predicted octanol–water partition coefficient (Wildman–Crippen LogP) is 2.46. The number of nitrogens with one attached hydrogen (secondary N) is 1. The highest BCUT2D eigenvalue weighted by molar-refractivity contribution is 5.94. The third-order valence-electron chi connectivity index (χ3n) is 4.43. The van der Waals surface area contributed by atoms with Crippen molar-refractivity contribution in [2.45, 2.75) is 13.5 Å². The maximum Gasteiger partial charge on any atom is 0.317 e. The lowest BCUT2D eigenvalue weighted by Gasteiger charge is -2.36. The van der Waals surface area contributed by atoms with Crippen LogP contribution >= 0.6 is 0 Å². The van der Waals surface area contributed by atoms with Crippen molar-refractivity contribution in [3.05, 3.63) is 59.7 Å². The summed E-state index contributed by atoms with van der Waals surface area (Å²) in [4.78, 5) is 31.2. The van der Waals surface area contributed by atoms with Crippen LogP contribution in [0.4, 0.5) is 14.9 Å². The normalized spacial score (nSPS) is 14.2. The standard InChI is InChI=1S/C19H21FN4O2/c1-14(25)16-4-5-18(17(20)11-16)23-7-9-24(10-8-23)19(26)22-13-15-3-2-6-21-12-15/h2-6,11-12H,7-10,13H2,1H3,(H,22,26). The Morgan fingerprint density at radius 2 is 1.96 bits per heavy atom. The second-order valence-corrected chi connectivity index (χ2v) is 6.22. The lowest BCUT2D eigenvalue weighted by molar-refractivity contribution is 0.101. The van der Waals surface area contributed by atoms with Crippen molar-refractivity contribution >= 4 is 17.5 Å². The van der Waals surface area contributed by atoms with Gasteiger partial charge in [0.2, 0.25) is 0 Å². The number of nitrogens with zero attached hydrogens (tertiary/aromatic N) is 3. The van der Waals surface area contributed by atoms with Gasteiger partial charge in [-0.25, -0.2) is 9.18 Å². The van der Waals surface area contributed by atoms with Crippen LogP contribution in [0.2, 0.25) is 0 Å². The summed E-state index contributed by atoms with van der Waals surface area (Å²) in [6, 6.07) is 8.12. The van der Waals surface area contributed by atoms with Crippen LogP contribution in [0.15, 0.2) is 42.7 Å². The second kappa shape index (κ2) is 7.95. The summed E-state index contributed by atoms with van der Waals surface area (Å²) in [5.41, 5.74) is 1.76. The van der Waals surface area contributed by atoms with E-state index >= 15 is 0 Å². The van der Waals surface area contributed by atoms with E-state index < -0.39 is 5.82 Å². The highest BCUT2D eigenvalue weighted by atomic mass is 19.1. The number of amides is 2. The van der Waals surface area contributed by atoms with E-state index in [9.17, 15) is 14.0 Å². The van der Waals surface area contributed by atoms with Gasteiger partial charge in [-0.2, -0.15) is 0 Å². The number of halogens is 1. The molecule has 1 saturated heterocycles. The number of Topliss-reactive ketones (excluding diaryl/α,β-unsaturated/α-hetero) is 1. The summed E-state index contributed by atoms with van der Waals surface area (Å²) in [7, 11) is 0. The van der Waals surface area contributed by atoms with Crippen LogP contribution in [0.5, 0.6) is 0 Å². The first kappa shape index (κ1) is 17.8. The van der Waals surface area contributed by atoms with Gasteiger partial charge in [0.25, 0.3) is 0 Å². The Morgan fingerprint density at radius 1 is 1.19 bits per heavy atom. The molecule has 0 bridgehead atoms. The first-order valence-electron chi connectivity index (χ1n) is 8.51. The van der Waals surface area contributed by atoms with Gasteiger partial charge in [0.1, 0.15) is 5.82 Å². The second-order valence-electron chi connectivity index (χ2n) is 6.22. The molecule has 0 radical (unpaired) electrons. The molecule has 1 fully saturated rings. The third kappa shape index (κ3) is 4.17. The third-order valence-corrected chi connectivity index (χ3v) is 4.43. The van der Waals surface area contributed by atoms with E-state index in [1.807, 2.05) is 17.0 Å². The molecule has 6 nitrogen and oxygen atoms in total. The molecule has 0 unspecified atom stereocenters. The largest absolute Gasteiger partial charge is 0.366 e. The lowest BCUT2D eigenvalue weighted by atomic mass is 10.1. The Labute approximate surface area is 151 Å². The van der Waals surface area contributed by atoms with E-state index in [2.05, 4.69) is 10.3 Å². The van der Waals surface area contributed by atoms with Crippen molar-refractivity contribution in [1.29, 1.82) is 0 Å². The zero-order valence-corrected chi connectivity index (χ0v) is 14.6. The number of urea groups is 1. The van der Waals surface area contributed by atoms with Gasteiger partial charge in [-0.1, -0.05) is 6.07 Å². The number of piperazine rings is 1. The van der Waals surface area contributed by atoms with Gasteiger partial charge in [-0.05, 0) is 36.8 Å². The van der Waals surface area contributed by atoms with Crippen molar-refractivity contribution in [1.82, 2.24) is 15.2 Å². The average Bonchev–Trinajstić information content (AvgIpc) is 2.67. The molecule has 7 heteroatoms. The number of benzene rings is 1.